The zero-order valence-electron chi connectivity index (χ0n) is 7.81. The summed E-state index contributed by atoms with van der Waals surface area (Å²) in [6.45, 7) is 2.18. The molecule has 0 aromatic carbocycles. The summed E-state index contributed by atoms with van der Waals surface area (Å²) in [4.78, 5) is 10.1. The van der Waals surface area contributed by atoms with Gasteiger partial charge < -0.3 is 5.11 Å². The number of aliphatic carboxylic acids is 1. The minimum Gasteiger partial charge on any atom is -0.481 e. The van der Waals surface area contributed by atoms with E-state index in [1.807, 2.05) is 0 Å². The summed E-state index contributed by atoms with van der Waals surface area (Å²) < 4.78 is 0. The van der Waals surface area contributed by atoms with E-state index in [2.05, 4.69) is 6.92 Å². The van der Waals surface area contributed by atoms with Crippen LogP contribution < -0.4 is 0 Å². The molecule has 0 aliphatic rings. The number of unbranched alkanes of at least 4 members (excludes halogenated alkanes) is 5. The normalized spacial score (nSPS) is 9.08. The van der Waals surface area contributed by atoms with Crippen molar-refractivity contribution in [2.24, 2.45) is 0 Å². The molecule has 0 aliphatic heterocycles. The van der Waals surface area contributed by atoms with E-state index in [1.165, 1.54) is 25.7 Å². The quantitative estimate of drug-likeness (QED) is 0.513. The number of hydrogen-bond donors (Lipinski definition) is 1. The van der Waals surface area contributed by atoms with Gasteiger partial charge in [-0.3, -0.25) is 4.79 Å². The van der Waals surface area contributed by atoms with Crippen molar-refractivity contribution in [1.82, 2.24) is 0 Å². The molecule has 0 radical (unpaired) electrons. The maximum atomic E-state index is 10.1. The third-order valence-electron chi connectivity index (χ3n) is 1.74. The molecule has 0 saturated carbocycles. The van der Waals surface area contributed by atoms with E-state index in [1.54, 1.807) is 0 Å². The van der Waals surface area contributed by atoms with Gasteiger partial charge >= 0.3 is 5.97 Å². The molecule has 0 fully saturated rings. The Bertz CT molecular complexity index is 105. The number of carbonyl (C=O) groups is 1. The molecule has 0 amide bonds. The van der Waals surface area contributed by atoms with E-state index in [4.69, 9.17) is 5.11 Å². The Kier molecular flexibility index (Phi) is 13.7. The van der Waals surface area contributed by atoms with Gasteiger partial charge in [-0.15, -0.1) is 0 Å². The van der Waals surface area contributed by atoms with E-state index in [0.717, 1.165) is 12.8 Å². The Morgan fingerprint density at radius 2 is 1.58 bits per heavy atom. The summed E-state index contributed by atoms with van der Waals surface area (Å²) in [7, 11) is 0. The Morgan fingerprint density at radius 3 is 2.08 bits per heavy atom. The minimum absolute atomic E-state index is 0. The summed E-state index contributed by atoms with van der Waals surface area (Å²) in [5, 5.41) is 8.32. The molecule has 0 heterocycles. The van der Waals surface area contributed by atoms with Gasteiger partial charge in [-0.25, -0.2) is 0 Å². The summed E-state index contributed by atoms with van der Waals surface area (Å²) in [6, 6.07) is 0. The van der Waals surface area contributed by atoms with Gasteiger partial charge in [-0.2, -0.15) is 0 Å². The van der Waals surface area contributed by atoms with Crippen LogP contribution in [0, 0.1) is 0 Å². The number of carboxylic acids is 1. The molecule has 3 heteroatoms. The molecule has 12 heavy (non-hydrogen) atoms. The van der Waals surface area contributed by atoms with Crippen molar-refractivity contribution in [2.45, 2.75) is 51.9 Å². The molecule has 2 nitrogen and oxygen atoms in total. The Labute approximate surface area is 89.6 Å². The van der Waals surface area contributed by atoms with E-state index in [0.29, 0.717) is 6.42 Å². The molecule has 0 rings (SSSR count). The van der Waals surface area contributed by atoms with E-state index < -0.39 is 5.97 Å². The van der Waals surface area contributed by atoms with Crippen molar-refractivity contribution in [3.8, 4) is 0 Å². The van der Waals surface area contributed by atoms with Crippen LogP contribution in [0.2, 0.25) is 0 Å². The Hall–Kier alpha value is 0.184. The molecule has 70 valence electrons. The maximum absolute atomic E-state index is 10.1. The van der Waals surface area contributed by atoms with Gasteiger partial charge in [0, 0.05) is 28.1 Å². The first-order valence-electron chi connectivity index (χ1n) is 4.49. The predicted octanol–water partition coefficient (Wildman–Crippen LogP) is 2.82. The van der Waals surface area contributed by atoms with Gasteiger partial charge in [0.2, 0.25) is 0 Å². The topological polar surface area (TPSA) is 37.3 Å². The van der Waals surface area contributed by atoms with Crippen molar-refractivity contribution in [2.75, 3.05) is 0 Å². The van der Waals surface area contributed by atoms with Gasteiger partial charge in [-0.1, -0.05) is 39.0 Å². The maximum Gasteiger partial charge on any atom is 0.303 e. The van der Waals surface area contributed by atoms with Crippen molar-refractivity contribution in [3.63, 3.8) is 0 Å². The molecule has 0 bridgehead atoms. The molecule has 0 aromatic heterocycles. The smallest absolute Gasteiger partial charge is 0.303 e. The van der Waals surface area contributed by atoms with Gasteiger partial charge in [0.05, 0.1) is 0 Å². The van der Waals surface area contributed by atoms with Gasteiger partial charge in [0.1, 0.15) is 0 Å². The van der Waals surface area contributed by atoms with Crippen LogP contribution >= 0.6 is 0 Å². The molecule has 0 unspecified atom stereocenters. The third kappa shape index (κ3) is 12.8. The molecule has 0 aromatic rings. The van der Waals surface area contributed by atoms with Gasteiger partial charge in [0.25, 0.3) is 0 Å². The number of hydrogen-bond acceptors (Lipinski definition) is 1. The van der Waals surface area contributed by atoms with Crippen molar-refractivity contribution < 1.29 is 31.6 Å². The first kappa shape index (κ1) is 14.7. The first-order valence-corrected chi connectivity index (χ1v) is 4.49. The van der Waals surface area contributed by atoms with Gasteiger partial charge in [0.15, 0.2) is 0 Å². The van der Waals surface area contributed by atoms with Crippen LogP contribution in [0.15, 0.2) is 0 Å². The predicted molar refractivity (Wildman–Crippen MR) is 45.6 cm³/mol. The fourth-order valence-corrected chi connectivity index (χ4v) is 1.06. The van der Waals surface area contributed by atoms with E-state index >= 15 is 0 Å². The second-order valence-corrected chi connectivity index (χ2v) is 2.91. The summed E-state index contributed by atoms with van der Waals surface area (Å²) >= 11 is 0. The van der Waals surface area contributed by atoms with E-state index in [-0.39, 0.29) is 21.7 Å². The summed E-state index contributed by atoms with van der Waals surface area (Å²) in [5.41, 5.74) is 0. The second-order valence-electron chi connectivity index (χ2n) is 2.91. The first-order chi connectivity index (χ1) is 5.27. The second kappa shape index (κ2) is 11.2. The average Bonchev–Trinajstić information content (AvgIpc) is 1.96. The molecule has 0 aliphatic carbocycles. The molecular weight excluding hydrogens is 188 g/mol. The summed E-state index contributed by atoms with van der Waals surface area (Å²) in [5.74, 6) is -0.666. The number of rotatable bonds is 7. The van der Waals surface area contributed by atoms with Crippen LogP contribution in [0.5, 0.6) is 0 Å². The third-order valence-corrected chi connectivity index (χ3v) is 1.74. The van der Waals surface area contributed by atoms with Crippen LogP contribution in [0.3, 0.4) is 0 Å². The monoisotopic (exact) mass is 206 g/mol. The molecule has 0 saturated heterocycles. The van der Waals surface area contributed by atoms with Crippen LogP contribution in [0.4, 0.5) is 0 Å². The SMILES string of the molecule is CCCCCCCCC(=O)O.[Ti]. The molecule has 1 N–H and O–H groups in total. The zero-order chi connectivity index (χ0) is 8.53. The Balaban J connectivity index is 0. The van der Waals surface area contributed by atoms with E-state index in [9.17, 15) is 4.79 Å². The Morgan fingerprint density at radius 1 is 1.08 bits per heavy atom. The number of carboxylic acid groups (broad SMARTS) is 1. The van der Waals surface area contributed by atoms with Crippen molar-refractivity contribution in [1.29, 1.82) is 0 Å². The minimum atomic E-state index is -0.666. The summed E-state index contributed by atoms with van der Waals surface area (Å²) in [6.07, 6.45) is 7.25. The standard InChI is InChI=1S/C9H18O2.Ti/c1-2-3-4-5-6-7-8-9(10)11;/h2-8H2,1H3,(H,10,11);. The van der Waals surface area contributed by atoms with Crippen LogP contribution in [0.25, 0.3) is 0 Å². The van der Waals surface area contributed by atoms with Crippen molar-refractivity contribution in [3.05, 3.63) is 0 Å². The molecular formula is C9H18O2Ti. The van der Waals surface area contributed by atoms with Gasteiger partial charge in [-0.05, 0) is 6.42 Å². The van der Waals surface area contributed by atoms with Crippen LogP contribution in [-0.2, 0) is 26.5 Å². The van der Waals surface area contributed by atoms with Crippen LogP contribution in [0.1, 0.15) is 51.9 Å². The zero-order valence-corrected chi connectivity index (χ0v) is 9.37. The average molecular weight is 206 g/mol. The van der Waals surface area contributed by atoms with Crippen LogP contribution in [-0.4, -0.2) is 11.1 Å². The fraction of sp³-hybridized carbons (Fsp3) is 0.889. The molecule has 0 spiro atoms. The fourth-order valence-electron chi connectivity index (χ4n) is 1.06. The molecule has 0 atom stereocenters. The van der Waals surface area contributed by atoms with Crippen molar-refractivity contribution >= 4 is 5.97 Å². The largest absolute Gasteiger partial charge is 0.481 e.